The first kappa shape index (κ1) is 18.6. The van der Waals surface area contributed by atoms with Gasteiger partial charge in [-0.25, -0.2) is 0 Å². The van der Waals surface area contributed by atoms with Crippen molar-refractivity contribution in [3.8, 4) is 0 Å². The Morgan fingerprint density at radius 3 is 2.72 bits per heavy atom. The van der Waals surface area contributed by atoms with Crippen molar-refractivity contribution in [2.45, 2.75) is 12.6 Å². The molecule has 0 radical (unpaired) electrons. The minimum absolute atomic E-state index is 0.00945. The van der Waals surface area contributed by atoms with Gasteiger partial charge in [0.15, 0.2) is 5.76 Å². The topological polar surface area (TPSA) is 114 Å². The first-order valence-corrected chi connectivity index (χ1v) is 9.44. The van der Waals surface area contributed by atoms with E-state index in [9.17, 15) is 24.8 Å². The van der Waals surface area contributed by atoms with E-state index >= 15 is 0 Å². The quantitative estimate of drug-likeness (QED) is 0.373. The van der Waals surface area contributed by atoms with Crippen molar-refractivity contribution in [3.05, 3.63) is 97.8 Å². The number of aliphatic hydroxyl groups excluding tert-OH is 1. The van der Waals surface area contributed by atoms with Crippen molar-refractivity contribution in [2.75, 3.05) is 0 Å². The van der Waals surface area contributed by atoms with E-state index in [1.165, 1.54) is 40.7 Å². The highest BCUT2D eigenvalue weighted by atomic mass is 32.1. The van der Waals surface area contributed by atoms with E-state index in [0.29, 0.717) is 16.2 Å². The third-order valence-corrected chi connectivity index (χ3v) is 5.46. The molecule has 0 fully saturated rings. The number of furan rings is 1. The summed E-state index contributed by atoms with van der Waals surface area (Å²) in [6.07, 6.45) is 1.45. The van der Waals surface area contributed by atoms with Gasteiger partial charge in [0.1, 0.15) is 5.76 Å². The molecule has 1 N–H and O–H groups in total. The number of non-ortho nitro benzene ring substituents is 1. The number of ketones is 1. The van der Waals surface area contributed by atoms with Crippen LogP contribution in [0.15, 0.2) is 75.9 Å². The van der Waals surface area contributed by atoms with Crippen LogP contribution >= 0.6 is 11.3 Å². The van der Waals surface area contributed by atoms with Crippen molar-refractivity contribution in [2.24, 2.45) is 0 Å². The summed E-state index contributed by atoms with van der Waals surface area (Å²) in [5, 5.41) is 23.5. The summed E-state index contributed by atoms with van der Waals surface area (Å²) in [7, 11) is 0. The number of carbonyl (C=O) groups is 2. The number of nitrogens with zero attached hydrogens (tertiary/aromatic N) is 2. The van der Waals surface area contributed by atoms with Crippen molar-refractivity contribution in [1.82, 2.24) is 4.90 Å². The van der Waals surface area contributed by atoms with Gasteiger partial charge in [0, 0.05) is 12.1 Å². The third kappa shape index (κ3) is 3.32. The Balaban J connectivity index is 1.83. The van der Waals surface area contributed by atoms with Crippen LogP contribution in [0.5, 0.6) is 0 Å². The third-order valence-electron chi connectivity index (χ3n) is 4.60. The Morgan fingerprint density at radius 2 is 2.07 bits per heavy atom. The van der Waals surface area contributed by atoms with Crippen LogP contribution in [-0.2, 0) is 11.3 Å². The second-order valence-electron chi connectivity index (χ2n) is 6.34. The van der Waals surface area contributed by atoms with Gasteiger partial charge >= 0.3 is 0 Å². The van der Waals surface area contributed by atoms with Crippen LogP contribution in [0.25, 0.3) is 0 Å². The maximum Gasteiger partial charge on any atom is 0.290 e. The maximum absolute atomic E-state index is 13.1. The summed E-state index contributed by atoms with van der Waals surface area (Å²) in [5.74, 6) is -1.44. The standard InChI is InChI=1S/C20H14N2O6S/c23-18(15-7-3-9-29-15)16-17(12-4-1-5-13(10-12)22(26)27)21(20(25)19(16)24)11-14-6-2-8-28-14/h1-10,17,24H,11H2. The molecule has 1 aliphatic heterocycles. The molecule has 4 rings (SSSR count). The number of rotatable bonds is 6. The number of Topliss-reactive ketones (excluding diaryl/α,β-unsaturated/α-hetero) is 1. The Bertz CT molecular complexity index is 1120. The fourth-order valence-corrected chi connectivity index (χ4v) is 3.99. The van der Waals surface area contributed by atoms with Gasteiger partial charge in [-0.15, -0.1) is 11.3 Å². The number of benzene rings is 1. The van der Waals surface area contributed by atoms with Gasteiger partial charge in [0.2, 0.25) is 5.78 Å². The summed E-state index contributed by atoms with van der Waals surface area (Å²) < 4.78 is 5.31. The van der Waals surface area contributed by atoms with E-state index in [0.717, 1.165) is 0 Å². The molecule has 29 heavy (non-hydrogen) atoms. The van der Waals surface area contributed by atoms with Gasteiger partial charge in [0.05, 0.1) is 34.2 Å². The summed E-state index contributed by atoms with van der Waals surface area (Å²) in [4.78, 5) is 38.2. The van der Waals surface area contributed by atoms with Gasteiger partial charge in [0.25, 0.3) is 11.6 Å². The number of carbonyl (C=O) groups excluding carboxylic acids is 2. The Kier molecular flexibility index (Phi) is 4.73. The highest BCUT2D eigenvalue weighted by Crippen LogP contribution is 2.41. The molecule has 0 aliphatic carbocycles. The molecular weight excluding hydrogens is 396 g/mol. The van der Waals surface area contributed by atoms with Crippen molar-refractivity contribution in [3.63, 3.8) is 0 Å². The van der Waals surface area contributed by atoms with Gasteiger partial charge in [-0.2, -0.15) is 0 Å². The molecule has 0 saturated carbocycles. The van der Waals surface area contributed by atoms with E-state index in [1.807, 2.05) is 0 Å². The molecule has 2 aromatic heterocycles. The molecule has 1 unspecified atom stereocenters. The van der Waals surface area contributed by atoms with E-state index in [-0.39, 0.29) is 17.8 Å². The maximum atomic E-state index is 13.1. The summed E-state index contributed by atoms with van der Waals surface area (Å²) in [5.41, 5.74) is 0.0646. The number of hydrogen-bond donors (Lipinski definition) is 1. The number of amides is 1. The van der Waals surface area contributed by atoms with Gasteiger partial charge in [-0.1, -0.05) is 18.2 Å². The average molecular weight is 410 g/mol. The zero-order valence-electron chi connectivity index (χ0n) is 14.8. The molecule has 3 aromatic rings. The molecule has 8 nitrogen and oxygen atoms in total. The van der Waals surface area contributed by atoms with Crippen LogP contribution in [-0.4, -0.2) is 26.6 Å². The van der Waals surface area contributed by atoms with Crippen molar-refractivity contribution >= 4 is 28.7 Å². The molecule has 1 amide bonds. The fourth-order valence-electron chi connectivity index (χ4n) is 3.31. The molecule has 0 spiro atoms. The number of thiophene rings is 1. The zero-order chi connectivity index (χ0) is 20.5. The van der Waals surface area contributed by atoms with Crippen molar-refractivity contribution in [1.29, 1.82) is 0 Å². The second kappa shape index (κ2) is 7.36. The normalized spacial score (nSPS) is 16.5. The Morgan fingerprint density at radius 1 is 1.24 bits per heavy atom. The molecule has 0 bridgehead atoms. The molecule has 146 valence electrons. The first-order chi connectivity index (χ1) is 14.0. The lowest BCUT2D eigenvalue weighted by Gasteiger charge is -2.25. The molecular formula is C20H14N2O6S. The highest BCUT2D eigenvalue weighted by molar-refractivity contribution is 7.12. The molecule has 0 saturated heterocycles. The van der Waals surface area contributed by atoms with Gasteiger partial charge in [-0.3, -0.25) is 19.7 Å². The van der Waals surface area contributed by atoms with Crippen LogP contribution in [0.4, 0.5) is 5.69 Å². The zero-order valence-corrected chi connectivity index (χ0v) is 15.7. The van der Waals surface area contributed by atoms with Crippen LogP contribution in [0, 0.1) is 10.1 Å². The molecule has 1 atom stereocenters. The van der Waals surface area contributed by atoms with Crippen LogP contribution < -0.4 is 0 Å². The largest absolute Gasteiger partial charge is 0.503 e. The lowest BCUT2D eigenvalue weighted by Crippen LogP contribution is -2.30. The summed E-state index contributed by atoms with van der Waals surface area (Å²) in [6.45, 7) is -0.00945. The van der Waals surface area contributed by atoms with Crippen LogP contribution in [0.1, 0.15) is 27.0 Å². The van der Waals surface area contributed by atoms with E-state index in [1.54, 1.807) is 35.7 Å². The van der Waals surface area contributed by atoms with Crippen LogP contribution in [0.2, 0.25) is 0 Å². The van der Waals surface area contributed by atoms with E-state index < -0.39 is 28.4 Å². The lowest BCUT2D eigenvalue weighted by atomic mass is 9.95. The number of aliphatic hydroxyl groups is 1. The lowest BCUT2D eigenvalue weighted by molar-refractivity contribution is -0.384. The molecule has 9 heteroatoms. The Labute approximate surface area is 168 Å². The Hall–Kier alpha value is -3.72. The monoisotopic (exact) mass is 410 g/mol. The molecule has 1 aliphatic rings. The number of nitro groups is 1. The number of nitro benzene ring substituents is 1. The predicted octanol–water partition coefficient (Wildman–Crippen LogP) is 4.03. The van der Waals surface area contributed by atoms with E-state index in [4.69, 9.17) is 4.42 Å². The van der Waals surface area contributed by atoms with E-state index in [2.05, 4.69) is 0 Å². The first-order valence-electron chi connectivity index (χ1n) is 8.56. The second-order valence-corrected chi connectivity index (χ2v) is 7.28. The summed E-state index contributed by atoms with van der Waals surface area (Å²) in [6, 6.07) is 11.3. The van der Waals surface area contributed by atoms with Gasteiger partial charge < -0.3 is 14.4 Å². The minimum Gasteiger partial charge on any atom is -0.503 e. The average Bonchev–Trinajstić information content (AvgIpc) is 3.46. The van der Waals surface area contributed by atoms with Crippen molar-refractivity contribution < 1.29 is 24.0 Å². The molecule has 1 aromatic carbocycles. The fraction of sp³-hybridized carbons (Fsp3) is 0.100. The highest BCUT2D eigenvalue weighted by Gasteiger charge is 2.44. The SMILES string of the molecule is O=C(C1=C(O)C(=O)N(Cc2ccco2)C1c1cccc([N+](=O)[O-])c1)c1cccs1. The number of hydrogen-bond acceptors (Lipinski definition) is 7. The molecule has 3 heterocycles. The summed E-state index contributed by atoms with van der Waals surface area (Å²) >= 11 is 1.18. The minimum atomic E-state index is -0.984. The predicted molar refractivity (Wildman–Crippen MR) is 103 cm³/mol. The van der Waals surface area contributed by atoms with Crippen LogP contribution in [0.3, 0.4) is 0 Å². The van der Waals surface area contributed by atoms with Gasteiger partial charge in [-0.05, 0) is 29.1 Å². The smallest absolute Gasteiger partial charge is 0.290 e.